The summed E-state index contributed by atoms with van der Waals surface area (Å²) in [5, 5.41) is 3.30. The quantitative estimate of drug-likeness (QED) is 0.167. The highest BCUT2D eigenvalue weighted by Gasteiger charge is 2.30. The Morgan fingerprint density at radius 1 is 0.979 bits per heavy atom. The lowest BCUT2D eigenvalue weighted by Gasteiger charge is -2.29. The molecule has 47 heavy (non-hydrogen) atoms. The first-order valence-electron chi connectivity index (χ1n) is 17.2. The SMILES string of the molecule is CC(C)(C)c1ccc(CCC(CC2CCCCC2)OC(=O)Cn2ccnc2)cc1NC(=O)CC1c2ccccc2Oc2ccccc21. The fourth-order valence-corrected chi connectivity index (χ4v) is 7.22. The van der Waals surface area contributed by atoms with Gasteiger partial charge in [0, 0.05) is 41.5 Å². The Bertz CT molecular complexity index is 1620. The Kier molecular flexibility index (Phi) is 10.1. The van der Waals surface area contributed by atoms with Gasteiger partial charge in [0.15, 0.2) is 0 Å². The second kappa shape index (κ2) is 14.6. The van der Waals surface area contributed by atoms with Crippen LogP contribution in [0.25, 0.3) is 0 Å². The molecule has 1 aliphatic heterocycles. The highest BCUT2D eigenvalue weighted by Crippen LogP contribution is 2.45. The zero-order chi connectivity index (χ0) is 32.8. The molecule has 4 aromatic rings. The van der Waals surface area contributed by atoms with Crippen LogP contribution in [0.5, 0.6) is 11.5 Å². The maximum atomic E-state index is 13.8. The number of hydrogen-bond acceptors (Lipinski definition) is 5. The van der Waals surface area contributed by atoms with Gasteiger partial charge in [0.25, 0.3) is 0 Å². The first kappa shape index (κ1) is 32.5. The molecule has 1 amide bonds. The maximum Gasteiger partial charge on any atom is 0.326 e. The molecule has 1 aliphatic carbocycles. The normalized spacial score (nSPS) is 15.6. The number of aromatic nitrogens is 2. The van der Waals surface area contributed by atoms with Crippen LogP contribution in [0.2, 0.25) is 0 Å². The van der Waals surface area contributed by atoms with Gasteiger partial charge in [-0.25, -0.2) is 4.98 Å². The van der Waals surface area contributed by atoms with Crippen molar-refractivity contribution in [2.24, 2.45) is 5.92 Å². The van der Waals surface area contributed by atoms with Gasteiger partial charge in [0.1, 0.15) is 24.1 Å². The van der Waals surface area contributed by atoms with Gasteiger partial charge >= 0.3 is 5.97 Å². The van der Waals surface area contributed by atoms with Crippen molar-refractivity contribution in [2.75, 3.05) is 5.32 Å². The number of fused-ring (bicyclic) bond motifs is 2. The van der Waals surface area contributed by atoms with Crippen molar-refractivity contribution in [3.05, 3.63) is 108 Å². The Morgan fingerprint density at radius 2 is 1.68 bits per heavy atom. The van der Waals surface area contributed by atoms with Gasteiger partial charge in [-0.3, -0.25) is 9.59 Å². The summed E-state index contributed by atoms with van der Waals surface area (Å²) in [6, 6.07) is 22.4. The number of hydrogen-bond donors (Lipinski definition) is 1. The van der Waals surface area contributed by atoms with Crippen LogP contribution >= 0.6 is 0 Å². The number of carbonyl (C=O) groups is 2. The van der Waals surface area contributed by atoms with Crippen molar-refractivity contribution in [1.29, 1.82) is 0 Å². The summed E-state index contributed by atoms with van der Waals surface area (Å²) in [7, 11) is 0. The molecule has 246 valence electrons. The van der Waals surface area contributed by atoms with E-state index in [1.165, 1.54) is 32.1 Å². The number of nitrogens with one attached hydrogen (secondary N) is 1. The molecule has 6 rings (SSSR count). The highest BCUT2D eigenvalue weighted by molar-refractivity contribution is 5.93. The van der Waals surface area contributed by atoms with Crippen LogP contribution in [0, 0.1) is 5.92 Å². The number of imidazole rings is 1. The van der Waals surface area contributed by atoms with E-state index in [4.69, 9.17) is 9.47 Å². The number of benzene rings is 3. The molecule has 2 aliphatic rings. The minimum atomic E-state index is -0.226. The first-order valence-corrected chi connectivity index (χ1v) is 17.2. The van der Waals surface area contributed by atoms with Gasteiger partial charge in [-0.05, 0) is 59.9 Å². The second-order valence-electron chi connectivity index (χ2n) is 14.2. The molecular formula is C40H47N3O4. The van der Waals surface area contributed by atoms with Crippen LogP contribution in [0.15, 0.2) is 85.5 Å². The summed E-state index contributed by atoms with van der Waals surface area (Å²) < 4.78 is 14.0. The first-order chi connectivity index (χ1) is 22.7. The molecule has 0 saturated heterocycles. The topological polar surface area (TPSA) is 82.5 Å². The van der Waals surface area contributed by atoms with Crippen LogP contribution in [0.1, 0.15) is 100 Å². The van der Waals surface area contributed by atoms with E-state index in [1.54, 1.807) is 23.3 Å². The summed E-state index contributed by atoms with van der Waals surface area (Å²) in [5.41, 5.74) is 4.94. The zero-order valence-electron chi connectivity index (χ0n) is 27.9. The zero-order valence-corrected chi connectivity index (χ0v) is 27.9. The van der Waals surface area contributed by atoms with Crippen LogP contribution in [-0.4, -0.2) is 27.5 Å². The number of esters is 1. The fourth-order valence-electron chi connectivity index (χ4n) is 7.22. The van der Waals surface area contributed by atoms with Gasteiger partial charge in [-0.15, -0.1) is 0 Å². The van der Waals surface area contributed by atoms with Gasteiger partial charge in [0.2, 0.25) is 5.91 Å². The molecule has 1 N–H and O–H groups in total. The largest absolute Gasteiger partial charge is 0.461 e. The third kappa shape index (κ3) is 8.31. The maximum absolute atomic E-state index is 13.8. The van der Waals surface area contributed by atoms with Crippen molar-refractivity contribution >= 4 is 17.6 Å². The molecule has 1 saturated carbocycles. The molecule has 3 aromatic carbocycles. The molecule has 0 spiro atoms. The lowest BCUT2D eigenvalue weighted by Crippen LogP contribution is -2.25. The van der Waals surface area contributed by atoms with E-state index in [0.717, 1.165) is 58.7 Å². The smallest absolute Gasteiger partial charge is 0.326 e. The Labute approximate surface area is 278 Å². The number of nitrogens with zero attached hydrogens (tertiary/aromatic N) is 2. The highest BCUT2D eigenvalue weighted by atomic mass is 16.5. The summed E-state index contributed by atoms with van der Waals surface area (Å²) in [6.45, 7) is 6.67. The second-order valence-corrected chi connectivity index (χ2v) is 14.2. The van der Waals surface area contributed by atoms with Crippen LogP contribution in [0.4, 0.5) is 5.69 Å². The average Bonchev–Trinajstić information content (AvgIpc) is 3.56. The van der Waals surface area contributed by atoms with Crippen LogP contribution in [-0.2, 0) is 32.7 Å². The molecule has 0 bridgehead atoms. The predicted octanol–water partition coefficient (Wildman–Crippen LogP) is 8.96. The minimum Gasteiger partial charge on any atom is -0.461 e. The number of amides is 1. The van der Waals surface area contributed by atoms with Crippen molar-refractivity contribution in [1.82, 2.24) is 9.55 Å². The molecule has 0 radical (unpaired) electrons. The van der Waals surface area contributed by atoms with Gasteiger partial charge in [0.05, 0.1) is 6.33 Å². The third-order valence-electron chi connectivity index (χ3n) is 9.61. The fraction of sp³-hybridized carbons (Fsp3) is 0.425. The summed E-state index contributed by atoms with van der Waals surface area (Å²) in [4.78, 5) is 30.8. The monoisotopic (exact) mass is 633 g/mol. The number of para-hydroxylation sites is 2. The minimum absolute atomic E-state index is 0.0345. The number of carbonyl (C=O) groups excluding carboxylic acids is 2. The molecule has 7 heteroatoms. The summed E-state index contributed by atoms with van der Waals surface area (Å²) in [6.07, 6.45) is 13.8. The predicted molar refractivity (Wildman–Crippen MR) is 185 cm³/mol. The van der Waals surface area contributed by atoms with Crippen molar-refractivity contribution < 1.29 is 19.1 Å². The van der Waals surface area contributed by atoms with E-state index >= 15 is 0 Å². The summed E-state index contributed by atoms with van der Waals surface area (Å²) >= 11 is 0. The van der Waals surface area contributed by atoms with E-state index < -0.39 is 0 Å². The van der Waals surface area contributed by atoms with Crippen molar-refractivity contribution in [2.45, 2.75) is 103 Å². The molecular weight excluding hydrogens is 586 g/mol. The molecule has 1 aromatic heterocycles. The van der Waals surface area contributed by atoms with Crippen LogP contribution < -0.4 is 10.1 Å². The van der Waals surface area contributed by atoms with E-state index in [2.05, 4.69) is 61.4 Å². The lowest BCUT2D eigenvalue weighted by atomic mass is 9.83. The van der Waals surface area contributed by atoms with Crippen molar-refractivity contribution in [3.8, 4) is 11.5 Å². The standard InChI is InChI=1S/C40H47N3O4/c1-40(2,3)34-20-18-29(17-19-30(23-28-11-5-4-6-12-28)46-39(45)26-43-22-21-41-27-43)24-35(34)42-38(44)25-33-31-13-7-9-15-36(31)47-37-16-10-8-14-32(33)37/h7-10,13-16,18,20-22,24,27-28,30,33H,4-6,11-12,17,19,23,25-26H2,1-3H3,(H,42,44). The molecule has 1 fully saturated rings. The van der Waals surface area contributed by atoms with Crippen molar-refractivity contribution in [3.63, 3.8) is 0 Å². The Morgan fingerprint density at radius 3 is 2.34 bits per heavy atom. The van der Waals surface area contributed by atoms with E-state index in [1.807, 2.05) is 36.4 Å². The van der Waals surface area contributed by atoms with Gasteiger partial charge < -0.3 is 19.4 Å². The third-order valence-corrected chi connectivity index (χ3v) is 9.61. The number of rotatable bonds is 11. The summed E-state index contributed by atoms with van der Waals surface area (Å²) in [5.74, 6) is 1.83. The Hall–Kier alpha value is -4.39. The Balaban J connectivity index is 1.18. The lowest BCUT2D eigenvalue weighted by molar-refractivity contribution is -0.151. The van der Waals surface area contributed by atoms with E-state index in [9.17, 15) is 9.59 Å². The number of ether oxygens (including phenoxy) is 2. The van der Waals surface area contributed by atoms with Gasteiger partial charge in [-0.1, -0.05) is 101 Å². The molecule has 1 unspecified atom stereocenters. The molecule has 1 atom stereocenters. The molecule has 2 heterocycles. The number of aryl methyl sites for hydroxylation is 1. The molecule has 7 nitrogen and oxygen atoms in total. The van der Waals surface area contributed by atoms with Crippen LogP contribution in [0.3, 0.4) is 0 Å². The van der Waals surface area contributed by atoms with E-state index in [-0.39, 0.29) is 35.9 Å². The average molecular weight is 634 g/mol. The van der Waals surface area contributed by atoms with E-state index in [0.29, 0.717) is 12.3 Å². The van der Waals surface area contributed by atoms with Gasteiger partial charge in [-0.2, -0.15) is 0 Å². The number of anilines is 1.